The third-order valence-corrected chi connectivity index (χ3v) is 4.25. The van der Waals surface area contributed by atoms with Crippen molar-refractivity contribution in [2.75, 3.05) is 6.61 Å². The lowest BCUT2D eigenvalue weighted by atomic mass is 10.3. The first-order valence-corrected chi connectivity index (χ1v) is 7.20. The molecule has 2 rings (SSSR count). The molecule has 0 saturated heterocycles. The van der Waals surface area contributed by atoms with Gasteiger partial charge in [0, 0.05) is 6.04 Å². The van der Waals surface area contributed by atoms with Crippen molar-refractivity contribution in [2.24, 2.45) is 0 Å². The SMILES string of the molecule is CCC(CO)NS(=O)(=O)c1ccc2oc(=O)[nH]c2c1. The van der Waals surface area contributed by atoms with Crippen molar-refractivity contribution in [2.45, 2.75) is 24.3 Å². The number of fused-ring (bicyclic) bond motifs is 1. The molecule has 0 radical (unpaired) electrons. The zero-order chi connectivity index (χ0) is 14.0. The lowest BCUT2D eigenvalue weighted by Gasteiger charge is -2.14. The quantitative estimate of drug-likeness (QED) is 0.725. The summed E-state index contributed by atoms with van der Waals surface area (Å²) in [6, 6.07) is 3.52. The van der Waals surface area contributed by atoms with E-state index in [1.54, 1.807) is 6.92 Å². The smallest absolute Gasteiger partial charge is 0.408 e. The molecule has 8 heteroatoms. The van der Waals surface area contributed by atoms with Gasteiger partial charge in [0.1, 0.15) is 0 Å². The molecule has 0 amide bonds. The third-order valence-electron chi connectivity index (χ3n) is 2.74. The first kappa shape index (κ1) is 13.8. The number of aliphatic hydroxyl groups is 1. The van der Waals surface area contributed by atoms with Crippen LogP contribution in [0.5, 0.6) is 0 Å². The summed E-state index contributed by atoms with van der Waals surface area (Å²) in [5, 5.41) is 9.02. The lowest BCUT2D eigenvalue weighted by Crippen LogP contribution is -2.36. The van der Waals surface area contributed by atoms with Gasteiger partial charge in [-0.1, -0.05) is 6.92 Å². The average molecular weight is 286 g/mol. The molecule has 0 saturated carbocycles. The zero-order valence-electron chi connectivity index (χ0n) is 10.2. The third kappa shape index (κ3) is 2.86. The molecule has 7 nitrogen and oxygen atoms in total. The van der Waals surface area contributed by atoms with Gasteiger partial charge < -0.3 is 9.52 Å². The van der Waals surface area contributed by atoms with E-state index in [-0.39, 0.29) is 17.1 Å². The number of aliphatic hydroxyl groups excluding tert-OH is 1. The van der Waals surface area contributed by atoms with Gasteiger partial charge in [-0.2, -0.15) is 0 Å². The topological polar surface area (TPSA) is 112 Å². The van der Waals surface area contributed by atoms with Crippen molar-refractivity contribution in [1.82, 2.24) is 9.71 Å². The van der Waals surface area contributed by atoms with Crippen molar-refractivity contribution in [1.29, 1.82) is 0 Å². The van der Waals surface area contributed by atoms with Crippen LogP contribution >= 0.6 is 0 Å². The molecule has 3 N–H and O–H groups in total. The van der Waals surface area contributed by atoms with E-state index in [4.69, 9.17) is 9.52 Å². The van der Waals surface area contributed by atoms with Gasteiger partial charge in [0.2, 0.25) is 10.0 Å². The fourth-order valence-electron chi connectivity index (χ4n) is 1.64. The molecule has 1 atom stereocenters. The summed E-state index contributed by atoms with van der Waals surface area (Å²) in [5.41, 5.74) is 0.600. The minimum atomic E-state index is -3.74. The van der Waals surface area contributed by atoms with Crippen molar-refractivity contribution in [3.63, 3.8) is 0 Å². The molecule has 19 heavy (non-hydrogen) atoms. The molecule has 0 aliphatic carbocycles. The molecule has 0 aliphatic heterocycles. The van der Waals surface area contributed by atoms with E-state index in [1.807, 2.05) is 0 Å². The average Bonchev–Trinajstić information content (AvgIpc) is 2.74. The standard InChI is InChI=1S/C11H14N2O5S/c1-2-7(6-14)13-19(16,17)8-3-4-10-9(5-8)12-11(15)18-10/h3-5,7,13-14H,2,6H2,1H3,(H,12,15). The zero-order valence-corrected chi connectivity index (χ0v) is 11.0. The Hall–Kier alpha value is -1.64. The van der Waals surface area contributed by atoms with Gasteiger partial charge in [-0.3, -0.25) is 4.98 Å². The molecule has 0 spiro atoms. The van der Waals surface area contributed by atoms with Crippen LogP contribution < -0.4 is 10.5 Å². The Balaban J connectivity index is 2.39. The number of sulfonamides is 1. The highest BCUT2D eigenvalue weighted by Gasteiger charge is 2.19. The normalized spacial score (nSPS) is 13.8. The maximum absolute atomic E-state index is 12.1. The van der Waals surface area contributed by atoms with E-state index in [0.29, 0.717) is 11.9 Å². The Kier molecular flexibility index (Phi) is 3.74. The largest absolute Gasteiger partial charge is 0.417 e. The highest BCUT2D eigenvalue weighted by Crippen LogP contribution is 2.16. The van der Waals surface area contributed by atoms with Gasteiger partial charge in [-0.05, 0) is 24.6 Å². The maximum atomic E-state index is 12.1. The van der Waals surface area contributed by atoms with Crippen LogP contribution in [-0.4, -0.2) is 31.2 Å². The summed E-state index contributed by atoms with van der Waals surface area (Å²) >= 11 is 0. The second-order valence-electron chi connectivity index (χ2n) is 4.08. The molecule has 1 heterocycles. The molecule has 1 unspecified atom stereocenters. The predicted octanol–water partition coefficient (Wildman–Crippen LogP) is 0.170. The Bertz CT molecular complexity index is 727. The molecule has 104 valence electrons. The fraction of sp³-hybridized carbons (Fsp3) is 0.364. The lowest BCUT2D eigenvalue weighted by molar-refractivity contribution is 0.254. The minimum absolute atomic E-state index is 0.00366. The number of hydrogen-bond donors (Lipinski definition) is 3. The summed E-state index contributed by atoms with van der Waals surface area (Å²) in [5.74, 6) is -0.640. The number of aromatic amines is 1. The second kappa shape index (κ2) is 5.16. The molecular weight excluding hydrogens is 272 g/mol. The van der Waals surface area contributed by atoms with Crippen LogP contribution in [0.15, 0.2) is 32.3 Å². The van der Waals surface area contributed by atoms with Crippen molar-refractivity contribution in [3.05, 3.63) is 28.7 Å². The highest BCUT2D eigenvalue weighted by molar-refractivity contribution is 7.89. The summed E-state index contributed by atoms with van der Waals surface area (Å²) in [4.78, 5) is 13.4. The van der Waals surface area contributed by atoms with Crippen molar-refractivity contribution >= 4 is 21.1 Å². The summed E-state index contributed by atoms with van der Waals surface area (Å²) in [6.45, 7) is 1.49. The van der Waals surface area contributed by atoms with Crippen LogP contribution in [0.2, 0.25) is 0 Å². The molecule has 0 fully saturated rings. The Morgan fingerprint density at radius 1 is 1.47 bits per heavy atom. The van der Waals surface area contributed by atoms with Crippen LogP contribution in [0, 0.1) is 0 Å². The number of nitrogens with one attached hydrogen (secondary N) is 2. The second-order valence-corrected chi connectivity index (χ2v) is 5.80. The van der Waals surface area contributed by atoms with Crippen molar-refractivity contribution < 1.29 is 17.9 Å². The van der Waals surface area contributed by atoms with Crippen LogP contribution in [0.4, 0.5) is 0 Å². The Labute approximate surface area is 109 Å². The van der Waals surface area contributed by atoms with E-state index in [2.05, 4.69) is 9.71 Å². The number of hydrogen-bond acceptors (Lipinski definition) is 5. The fourth-order valence-corrected chi connectivity index (χ4v) is 2.97. The van der Waals surface area contributed by atoms with Gasteiger partial charge >= 0.3 is 5.76 Å². The number of rotatable bonds is 5. The monoisotopic (exact) mass is 286 g/mol. The Morgan fingerprint density at radius 3 is 2.84 bits per heavy atom. The molecule has 1 aromatic carbocycles. The minimum Gasteiger partial charge on any atom is -0.408 e. The number of oxazole rings is 1. The van der Waals surface area contributed by atoms with E-state index in [0.717, 1.165) is 0 Å². The van der Waals surface area contributed by atoms with Gasteiger partial charge in [-0.15, -0.1) is 0 Å². The predicted molar refractivity (Wildman–Crippen MR) is 68.3 cm³/mol. The Morgan fingerprint density at radius 2 is 2.21 bits per heavy atom. The van der Waals surface area contributed by atoms with Crippen LogP contribution in [-0.2, 0) is 10.0 Å². The summed E-state index contributed by atoms with van der Waals surface area (Å²) in [6.07, 6.45) is 0.473. The van der Waals surface area contributed by atoms with Gasteiger partial charge in [-0.25, -0.2) is 17.9 Å². The van der Waals surface area contributed by atoms with Gasteiger partial charge in [0.05, 0.1) is 17.0 Å². The van der Waals surface area contributed by atoms with E-state index in [1.165, 1.54) is 18.2 Å². The van der Waals surface area contributed by atoms with Crippen LogP contribution in [0.25, 0.3) is 11.1 Å². The number of benzene rings is 1. The molecule has 0 aliphatic rings. The van der Waals surface area contributed by atoms with E-state index in [9.17, 15) is 13.2 Å². The van der Waals surface area contributed by atoms with E-state index >= 15 is 0 Å². The highest BCUT2D eigenvalue weighted by atomic mass is 32.2. The molecule has 0 bridgehead atoms. The first-order valence-electron chi connectivity index (χ1n) is 5.72. The van der Waals surface area contributed by atoms with Crippen LogP contribution in [0.3, 0.4) is 0 Å². The van der Waals surface area contributed by atoms with Gasteiger partial charge in [0.15, 0.2) is 5.58 Å². The number of aromatic nitrogens is 1. The molecule has 2 aromatic rings. The van der Waals surface area contributed by atoms with E-state index < -0.39 is 21.8 Å². The first-order chi connectivity index (χ1) is 8.96. The maximum Gasteiger partial charge on any atom is 0.417 e. The summed E-state index contributed by atoms with van der Waals surface area (Å²) in [7, 11) is -3.74. The van der Waals surface area contributed by atoms with Crippen molar-refractivity contribution in [3.8, 4) is 0 Å². The molecule has 1 aromatic heterocycles. The van der Waals surface area contributed by atoms with Gasteiger partial charge in [0.25, 0.3) is 0 Å². The molecular formula is C11H14N2O5S. The number of H-pyrrole nitrogens is 1. The van der Waals surface area contributed by atoms with Crippen LogP contribution in [0.1, 0.15) is 13.3 Å². The summed E-state index contributed by atoms with van der Waals surface area (Å²) < 4.78 is 31.3.